The Morgan fingerprint density at radius 1 is 1.38 bits per heavy atom. The van der Waals surface area contributed by atoms with Crippen LogP contribution in [-0.4, -0.2) is 11.6 Å². The number of rotatable bonds is 2. The highest BCUT2D eigenvalue weighted by atomic mass is 79.9. The molecule has 1 aromatic carbocycles. The molecule has 0 saturated carbocycles. The number of halogens is 3. The summed E-state index contributed by atoms with van der Waals surface area (Å²) in [6.07, 6.45) is 1.63. The second-order valence-electron chi connectivity index (χ2n) is 3.15. The SMILES string of the molecule is CCOc1cc2c(Br)c(Br)cnc2cc1F. The first kappa shape index (κ1) is 11.8. The van der Waals surface area contributed by atoms with E-state index in [0.29, 0.717) is 12.1 Å². The summed E-state index contributed by atoms with van der Waals surface area (Å²) in [5.74, 6) is -0.147. The Balaban J connectivity index is 2.70. The lowest BCUT2D eigenvalue weighted by Gasteiger charge is -2.07. The predicted octanol–water partition coefficient (Wildman–Crippen LogP) is 4.30. The molecule has 2 nitrogen and oxygen atoms in total. The van der Waals surface area contributed by atoms with Crippen molar-refractivity contribution < 1.29 is 9.13 Å². The Morgan fingerprint density at radius 3 is 2.81 bits per heavy atom. The molecule has 0 aliphatic heterocycles. The summed E-state index contributed by atoms with van der Waals surface area (Å²) in [4.78, 5) is 4.13. The third kappa shape index (κ3) is 2.06. The number of hydrogen-bond donors (Lipinski definition) is 0. The molecule has 0 amide bonds. The van der Waals surface area contributed by atoms with Gasteiger partial charge in [0.05, 0.1) is 16.6 Å². The molecular formula is C11H8Br2FNO. The molecule has 2 rings (SSSR count). The molecule has 1 aromatic heterocycles. The van der Waals surface area contributed by atoms with Crippen LogP contribution in [0.1, 0.15) is 6.92 Å². The maximum Gasteiger partial charge on any atom is 0.167 e. The minimum absolute atomic E-state index is 0.246. The fourth-order valence-electron chi connectivity index (χ4n) is 1.40. The van der Waals surface area contributed by atoms with Gasteiger partial charge in [0, 0.05) is 22.1 Å². The Bertz CT molecular complexity index is 545. The van der Waals surface area contributed by atoms with E-state index in [1.165, 1.54) is 6.07 Å². The number of ether oxygens (including phenoxy) is 1. The van der Waals surface area contributed by atoms with Crippen LogP contribution >= 0.6 is 31.9 Å². The van der Waals surface area contributed by atoms with Gasteiger partial charge >= 0.3 is 0 Å². The molecule has 16 heavy (non-hydrogen) atoms. The van der Waals surface area contributed by atoms with Gasteiger partial charge in [-0.25, -0.2) is 4.39 Å². The highest BCUT2D eigenvalue weighted by molar-refractivity contribution is 9.13. The van der Waals surface area contributed by atoms with E-state index in [-0.39, 0.29) is 5.75 Å². The number of aromatic nitrogens is 1. The van der Waals surface area contributed by atoms with Gasteiger partial charge in [0.1, 0.15) is 0 Å². The van der Waals surface area contributed by atoms with Gasteiger partial charge in [0.2, 0.25) is 0 Å². The molecule has 0 unspecified atom stereocenters. The summed E-state index contributed by atoms with van der Waals surface area (Å²) in [7, 11) is 0. The van der Waals surface area contributed by atoms with Crippen molar-refractivity contribution in [2.24, 2.45) is 0 Å². The smallest absolute Gasteiger partial charge is 0.167 e. The van der Waals surface area contributed by atoms with Crippen molar-refractivity contribution in [3.8, 4) is 5.75 Å². The molecule has 2 aromatic rings. The van der Waals surface area contributed by atoms with Crippen LogP contribution in [0, 0.1) is 5.82 Å². The van der Waals surface area contributed by atoms with E-state index in [4.69, 9.17) is 4.74 Å². The van der Waals surface area contributed by atoms with Crippen molar-refractivity contribution in [2.75, 3.05) is 6.61 Å². The van der Waals surface area contributed by atoms with Crippen LogP contribution in [0.25, 0.3) is 10.9 Å². The number of pyridine rings is 1. The van der Waals surface area contributed by atoms with E-state index < -0.39 is 5.82 Å². The van der Waals surface area contributed by atoms with Gasteiger partial charge in [0.15, 0.2) is 11.6 Å². The predicted molar refractivity (Wildman–Crippen MR) is 68.3 cm³/mol. The van der Waals surface area contributed by atoms with E-state index in [2.05, 4.69) is 36.8 Å². The largest absolute Gasteiger partial charge is 0.491 e. The second kappa shape index (κ2) is 4.67. The summed E-state index contributed by atoms with van der Waals surface area (Å²) in [6.45, 7) is 2.25. The molecule has 0 saturated heterocycles. The van der Waals surface area contributed by atoms with E-state index in [1.807, 2.05) is 6.92 Å². The van der Waals surface area contributed by atoms with Crippen molar-refractivity contribution in [3.63, 3.8) is 0 Å². The molecule has 0 spiro atoms. The first-order valence-corrected chi connectivity index (χ1v) is 6.28. The summed E-state index contributed by atoms with van der Waals surface area (Å²) >= 11 is 6.78. The Hall–Kier alpha value is -0.680. The lowest BCUT2D eigenvalue weighted by atomic mass is 10.2. The Kier molecular flexibility index (Phi) is 3.44. The number of hydrogen-bond acceptors (Lipinski definition) is 2. The first-order chi connectivity index (χ1) is 7.63. The zero-order valence-corrected chi connectivity index (χ0v) is 11.6. The third-order valence-corrected chi connectivity index (χ3v) is 4.10. The fourth-order valence-corrected chi connectivity index (χ4v) is 2.14. The summed E-state index contributed by atoms with van der Waals surface area (Å²) in [5, 5.41) is 0.819. The summed E-state index contributed by atoms with van der Waals surface area (Å²) < 4.78 is 20.4. The summed E-state index contributed by atoms with van der Waals surface area (Å²) in [6, 6.07) is 3.02. The molecule has 0 aliphatic carbocycles. The first-order valence-electron chi connectivity index (χ1n) is 4.69. The lowest BCUT2D eigenvalue weighted by molar-refractivity contribution is 0.322. The molecule has 0 atom stereocenters. The molecular weight excluding hydrogens is 341 g/mol. The Labute approximate surface area is 109 Å². The zero-order valence-electron chi connectivity index (χ0n) is 8.43. The van der Waals surface area contributed by atoms with Crippen LogP contribution in [-0.2, 0) is 0 Å². The highest BCUT2D eigenvalue weighted by Crippen LogP contribution is 2.33. The molecule has 0 radical (unpaired) electrons. The van der Waals surface area contributed by atoms with Gasteiger partial charge in [-0.15, -0.1) is 0 Å². The van der Waals surface area contributed by atoms with Crippen molar-refractivity contribution >= 4 is 42.8 Å². The van der Waals surface area contributed by atoms with Crippen LogP contribution in [0.3, 0.4) is 0 Å². The number of nitrogens with zero attached hydrogens (tertiary/aromatic N) is 1. The van der Waals surface area contributed by atoms with Crippen molar-refractivity contribution in [1.29, 1.82) is 0 Å². The van der Waals surface area contributed by atoms with Crippen LogP contribution < -0.4 is 4.74 Å². The van der Waals surface area contributed by atoms with Crippen LogP contribution in [0.2, 0.25) is 0 Å². The van der Waals surface area contributed by atoms with Gasteiger partial charge in [-0.1, -0.05) is 0 Å². The standard InChI is InChI=1S/C11H8Br2FNO/c1-2-16-10-3-6-9(4-8(10)14)15-5-7(12)11(6)13/h3-5H,2H2,1H3. The van der Waals surface area contributed by atoms with E-state index in [9.17, 15) is 4.39 Å². The minimum Gasteiger partial charge on any atom is -0.491 e. The van der Waals surface area contributed by atoms with E-state index in [1.54, 1.807) is 12.3 Å². The van der Waals surface area contributed by atoms with Gasteiger partial charge < -0.3 is 4.74 Å². The van der Waals surface area contributed by atoms with Gasteiger partial charge in [-0.05, 0) is 44.8 Å². The summed E-state index contributed by atoms with van der Waals surface area (Å²) in [5.41, 5.74) is 0.594. The van der Waals surface area contributed by atoms with Crippen LogP contribution in [0.4, 0.5) is 4.39 Å². The van der Waals surface area contributed by atoms with Gasteiger partial charge in [0.25, 0.3) is 0 Å². The van der Waals surface area contributed by atoms with Crippen LogP contribution in [0.15, 0.2) is 27.3 Å². The lowest BCUT2D eigenvalue weighted by Crippen LogP contribution is -1.95. The van der Waals surface area contributed by atoms with Crippen molar-refractivity contribution in [2.45, 2.75) is 6.92 Å². The maximum atomic E-state index is 13.5. The minimum atomic E-state index is -0.393. The molecule has 5 heteroatoms. The monoisotopic (exact) mass is 347 g/mol. The molecule has 0 N–H and O–H groups in total. The third-order valence-electron chi connectivity index (χ3n) is 2.11. The average molecular weight is 349 g/mol. The van der Waals surface area contributed by atoms with Crippen molar-refractivity contribution in [3.05, 3.63) is 33.1 Å². The number of benzene rings is 1. The topological polar surface area (TPSA) is 22.1 Å². The maximum absolute atomic E-state index is 13.5. The molecule has 0 bridgehead atoms. The second-order valence-corrected chi connectivity index (χ2v) is 4.80. The van der Waals surface area contributed by atoms with E-state index >= 15 is 0 Å². The van der Waals surface area contributed by atoms with Gasteiger partial charge in [-0.2, -0.15) is 0 Å². The molecule has 0 aliphatic rings. The highest BCUT2D eigenvalue weighted by Gasteiger charge is 2.10. The Morgan fingerprint density at radius 2 is 2.12 bits per heavy atom. The van der Waals surface area contributed by atoms with Crippen molar-refractivity contribution in [1.82, 2.24) is 4.98 Å². The fraction of sp³-hybridized carbons (Fsp3) is 0.182. The van der Waals surface area contributed by atoms with E-state index in [0.717, 1.165) is 14.3 Å². The van der Waals surface area contributed by atoms with Crippen LogP contribution in [0.5, 0.6) is 5.75 Å². The normalized spacial score (nSPS) is 10.8. The zero-order chi connectivity index (χ0) is 11.7. The molecule has 1 heterocycles. The molecule has 0 fully saturated rings. The number of fused-ring (bicyclic) bond motifs is 1. The molecule has 84 valence electrons. The van der Waals surface area contributed by atoms with Gasteiger partial charge in [-0.3, -0.25) is 4.98 Å². The quantitative estimate of drug-likeness (QED) is 0.807. The average Bonchev–Trinajstić information content (AvgIpc) is 2.26.